The number of halogens is 2. The lowest BCUT2D eigenvalue weighted by Crippen LogP contribution is -2.39. The van der Waals surface area contributed by atoms with E-state index in [1.165, 1.54) is 6.42 Å². The van der Waals surface area contributed by atoms with Crippen LogP contribution in [-0.4, -0.2) is 18.4 Å². The molecule has 0 aliphatic heterocycles. The molecule has 1 N–H and O–H groups in total. The highest BCUT2D eigenvalue weighted by molar-refractivity contribution is 9.10. The van der Waals surface area contributed by atoms with Crippen molar-refractivity contribution in [3.8, 4) is 5.75 Å². The van der Waals surface area contributed by atoms with Crippen molar-refractivity contribution >= 4 is 39.3 Å². The Balaban J connectivity index is 1.80. The summed E-state index contributed by atoms with van der Waals surface area (Å²) in [5.41, 5.74) is 0. The molecule has 1 aromatic rings. The van der Waals surface area contributed by atoms with Gasteiger partial charge in [-0.1, -0.05) is 30.9 Å². The summed E-state index contributed by atoms with van der Waals surface area (Å²) in [5, 5.41) is 2.98. The summed E-state index contributed by atoms with van der Waals surface area (Å²) in [7, 11) is 0. The smallest absolute Gasteiger partial charge is 0.264 e. The van der Waals surface area contributed by atoms with Crippen molar-refractivity contribution in [1.82, 2.24) is 5.32 Å². The first kappa shape index (κ1) is 16.3. The molecule has 0 atom stereocenters. The van der Waals surface area contributed by atoms with Gasteiger partial charge in [0.25, 0.3) is 5.91 Å². The van der Waals surface area contributed by atoms with Gasteiger partial charge in [0, 0.05) is 10.9 Å². The highest BCUT2D eigenvalue weighted by Crippen LogP contribution is 2.28. The third kappa shape index (κ3) is 5.00. The first-order valence-corrected chi connectivity index (χ1v) is 8.15. The SMILES string of the molecule is O=C(COc1ccc(Cl)cc1Br)NC(=O)C1CCCCC1. The average molecular weight is 375 g/mol. The Kier molecular flexibility index (Phi) is 6.06. The van der Waals surface area contributed by atoms with Gasteiger partial charge in [-0.2, -0.15) is 0 Å². The van der Waals surface area contributed by atoms with E-state index >= 15 is 0 Å². The van der Waals surface area contributed by atoms with Crippen LogP contribution in [0.15, 0.2) is 22.7 Å². The molecule has 6 heteroatoms. The number of amides is 2. The number of nitrogens with one attached hydrogen (secondary N) is 1. The summed E-state index contributed by atoms with van der Waals surface area (Å²) in [5.74, 6) is -0.129. The standard InChI is InChI=1S/C15H17BrClNO3/c16-12-8-11(17)6-7-13(12)21-9-14(19)18-15(20)10-4-2-1-3-5-10/h6-8,10H,1-5,9H2,(H,18,19,20). The van der Waals surface area contributed by atoms with E-state index in [2.05, 4.69) is 21.2 Å². The van der Waals surface area contributed by atoms with Gasteiger partial charge in [0.15, 0.2) is 6.61 Å². The van der Waals surface area contributed by atoms with Crippen molar-refractivity contribution in [2.75, 3.05) is 6.61 Å². The minimum atomic E-state index is -0.424. The van der Waals surface area contributed by atoms with E-state index in [0.717, 1.165) is 25.7 Å². The molecular formula is C15H17BrClNO3. The number of hydrogen-bond acceptors (Lipinski definition) is 3. The van der Waals surface area contributed by atoms with Crippen LogP contribution >= 0.6 is 27.5 Å². The third-order valence-electron chi connectivity index (χ3n) is 3.49. The molecule has 21 heavy (non-hydrogen) atoms. The maximum absolute atomic E-state index is 11.9. The maximum Gasteiger partial charge on any atom is 0.264 e. The number of carbonyl (C=O) groups excluding carboxylic acids is 2. The fraction of sp³-hybridized carbons (Fsp3) is 0.467. The summed E-state index contributed by atoms with van der Waals surface area (Å²) in [4.78, 5) is 23.7. The monoisotopic (exact) mass is 373 g/mol. The molecule has 4 nitrogen and oxygen atoms in total. The zero-order valence-electron chi connectivity index (χ0n) is 11.5. The Bertz CT molecular complexity index is 530. The van der Waals surface area contributed by atoms with Crippen molar-refractivity contribution in [1.29, 1.82) is 0 Å². The summed E-state index contributed by atoms with van der Waals surface area (Å²) < 4.78 is 6.04. The van der Waals surface area contributed by atoms with E-state index < -0.39 is 5.91 Å². The molecule has 0 radical (unpaired) electrons. The second-order valence-electron chi connectivity index (χ2n) is 5.11. The lowest BCUT2D eigenvalue weighted by Gasteiger charge is -2.20. The van der Waals surface area contributed by atoms with Crippen molar-refractivity contribution in [2.24, 2.45) is 5.92 Å². The van der Waals surface area contributed by atoms with E-state index in [0.29, 0.717) is 15.2 Å². The van der Waals surface area contributed by atoms with Gasteiger partial charge in [0.05, 0.1) is 4.47 Å². The maximum atomic E-state index is 11.9. The minimum absolute atomic E-state index is 0.0371. The van der Waals surface area contributed by atoms with E-state index in [-0.39, 0.29) is 18.4 Å². The van der Waals surface area contributed by atoms with Gasteiger partial charge >= 0.3 is 0 Å². The second kappa shape index (κ2) is 7.80. The third-order valence-corrected chi connectivity index (χ3v) is 4.35. The molecule has 1 aliphatic carbocycles. The van der Waals surface area contributed by atoms with Crippen molar-refractivity contribution < 1.29 is 14.3 Å². The Morgan fingerprint density at radius 1 is 1.29 bits per heavy atom. The van der Waals surface area contributed by atoms with Crippen LogP contribution in [0.25, 0.3) is 0 Å². The number of carbonyl (C=O) groups is 2. The fourth-order valence-electron chi connectivity index (χ4n) is 2.38. The number of benzene rings is 1. The highest BCUT2D eigenvalue weighted by atomic mass is 79.9. The van der Waals surface area contributed by atoms with Crippen LogP contribution < -0.4 is 10.1 Å². The normalized spacial score (nSPS) is 15.5. The lowest BCUT2D eigenvalue weighted by atomic mass is 9.89. The number of imide groups is 1. The van der Waals surface area contributed by atoms with Crippen LogP contribution in [0.4, 0.5) is 0 Å². The Labute approximate surface area is 137 Å². The fourth-order valence-corrected chi connectivity index (χ4v) is 3.17. The second-order valence-corrected chi connectivity index (χ2v) is 6.40. The molecule has 114 valence electrons. The van der Waals surface area contributed by atoms with Crippen LogP contribution in [0.2, 0.25) is 5.02 Å². The molecule has 1 saturated carbocycles. The van der Waals surface area contributed by atoms with E-state index in [4.69, 9.17) is 16.3 Å². The van der Waals surface area contributed by atoms with Gasteiger partial charge in [-0.25, -0.2) is 0 Å². The van der Waals surface area contributed by atoms with E-state index in [9.17, 15) is 9.59 Å². The Morgan fingerprint density at radius 3 is 2.67 bits per heavy atom. The van der Waals surface area contributed by atoms with E-state index in [1.54, 1.807) is 18.2 Å². The summed E-state index contributed by atoms with van der Waals surface area (Å²) >= 11 is 9.13. The Morgan fingerprint density at radius 2 is 2.00 bits per heavy atom. The number of hydrogen-bond donors (Lipinski definition) is 1. The average Bonchev–Trinajstić information content (AvgIpc) is 2.47. The highest BCUT2D eigenvalue weighted by Gasteiger charge is 2.22. The van der Waals surface area contributed by atoms with Gasteiger partial charge in [0.2, 0.25) is 5.91 Å². The van der Waals surface area contributed by atoms with Gasteiger partial charge in [-0.05, 0) is 47.0 Å². The van der Waals surface area contributed by atoms with Crippen LogP contribution in [0.1, 0.15) is 32.1 Å². The van der Waals surface area contributed by atoms with Crippen LogP contribution in [-0.2, 0) is 9.59 Å². The quantitative estimate of drug-likeness (QED) is 0.874. The molecule has 0 aromatic heterocycles. The van der Waals surface area contributed by atoms with Crippen LogP contribution in [0.3, 0.4) is 0 Å². The largest absolute Gasteiger partial charge is 0.483 e. The number of ether oxygens (including phenoxy) is 1. The predicted molar refractivity (Wildman–Crippen MR) is 84.4 cm³/mol. The summed E-state index contributed by atoms with van der Waals surface area (Å²) in [6, 6.07) is 5.03. The van der Waals surface area contributed by atoms with Crippen molar-refractivity contribution in [3.05, 3.63) is 27.7 Å². The molecule has 1 fully saturated rings. The molecule has 1 aliphatic rings. The molecule has 0 spiro atoms. The topological polar surface area (TPSA) is 55.4 Å². The van der Waals surface area contributed by atoms with Gasteiger partial charge < -0.3 is 4.74 Å². The minimum Gasteiger partial charge on any atom is -0.483 e. The van der Waals surface area contributed by atoms with Crippen molar-refractivity contribution in [3.63, 3.8) is 0 Å². The van der Waals surface area contributed by atoms with Gasteiger partial charge in [-0.3, -0.25) is 14.9 Å². The molecule has 0 unspecified atom stereocenters. The molecule has 0 heterocycles. The van der Waals surface area contributed by atoms with Crippen LogP contribution in [0, 0.1) is 5.92 Å². The van der Waals surface area contributed by atoms with Gasteiger partial charge in [-0.15, -0.1) is 0 Å². The molecule has 0 saturated heterocycles. The number of rotatable bonds is 4. The van der Waals surface area contributed by atoms with E-state index in [1.807, 2.05) is 0 Å². The van der Waals surface area contributed by atoms with Crippen LogP contribution in [0.5, 0.6) is 5.75 Å². The molecular weight excluding hydrogens is 358 g/mol. The molecule has 1 aromatic carbocycles. The molecule has 2 rings (SSSR count). The predicted octanol–water partition coefficient (Wildman–Crippen LogP) is 3.70. The van der Waals surface area contributed by atoms with Gasteiger partial charge in [0.1, 0.15) is 5.75 Å². The Hall–Kier alpha value is -1.07. The first-order chi connectivity index (χ1) is 10.1. The summed E-state index contributed by atoms with van der Waals surface area (Å²) in [6.07, 6.45) is 5.01. The zero-order chi connectivity index (χ0) is 15.2. The summed E-state index contributed by atoms with van der Waals surface area (Å²) in [6.45, 7) is -0.196. The van der Waals surface area contributed by atoms with Crippen molar-refractivity contribution in [2.45, 2.75) is 32.1 Å². The zero-order valence-corrected chi connectivity index (χ0v) is 13.9. The molecule has 2 amide bonds. The molecule has 0 bridgehead atoms. The first-order valence-electron chi connectivity index (χ1n) is 6.98. The lowest BCUT2D eigenvalue weighted by molar-refractivity contribution is -0.134.